The zero-order valence-corrected chi connectivity index (χ0v) is 67.6. The zero-order valence-electron chi connectivity index (χ0n) is 65.8. The number of aliphatic hydroxyl groups excluding tert-OH is 1. The molecule has 0 aliphatic carbocycles. The zero-order chi connectivity index (χ0) is 73.8. The minimum absolute atomic E-state index is 0.104. The van der Waals surface area contributed by atoms with Gasteiger partial charge in [0, 0.05) is 25.7 Å². The molecule has 0 amide bonds. The summed E-state index contributed by atoms with van der Waals surface area (Å²) < 4.78 is 68.7. The second-order valence-electron chi connectivity index (χ2n) is 30.6. The lowest BCUT2D eigenvalue weighted by Gasteiger charge is -2.21. The molecule has 0 aromatic rings. The van der Waals surface area contributed by atoms with Crippen molar-refractivity contribution in [3.05, 3.63) is 0 Å². The van der Waals surface area contributed by atoms with Gasteiger partial charge in [-0.15, -0.1) is 0 Å². The number of phosphoric acid groups is 2. The summed E-state index contributed by atoms with van der Waals surface area (Å²) in [5, 5.41) is 10.6. The van der Waals surface area contributed by atoms with Crippen molar-refractivity contribution in [2.45, 2.75) is 433 Å². The number of ether oxygens (including phenoxy) is 4. The SMILES string of the molecule is CCC(C)CCCCCCCCCCCCCCCCCCCCC(=O)OC[C@H](COP(=O)(O)OC[C@@H](O)COP(=O)(O)OC[C@@H](COC(=O)CCCCCCCCC(C)CC)OC(=O)CCCCCCCCCCCC(C)C)OC(=O)CCCCCCCCCCCCCCCC(C)C. The van der Waals surface area contributed by atoms with Crippen LogP contribution in [-0.2, 0) is 65.4 Å². The molecule has 7 atom stereocenters. The highest BCUT2D eigenvalue weighted by Crippen LogP contribution is 2.45. The van der Waals surface area contributed by atoms with E-state index >= 15 is 0 Å². The summed E-state index contributed by atoms with van der Waals surface area (Å²) in [4.78, 5) is 73.0. The fourth-order valence-corrected chi connectivity index (χ4v) is 13.9. The van der Waals surface area contributed by atoms with Gasteiger partial charge in [0.25, 0.3) is 0 Å². The average Bonchev–Trinajstić information content (AvgIpc) is 0.930. The van der Waals surface area contributed by atoms with E-state index in [9.17, 15) is 43.2 Å². The van der Waals surface area contributed by atoms with Crippen LogP contribution in [0.4, 0.5) is 0 Å². The minimum Gasteiger partial charge on any atom is -0.462 e. The molecular weight excluding hydrogens is 1310 g/mol. The minimum atomic E-state index is -4.96. The number of rotatable bonds is 78. The van der Waals surface area contributed by atoms with Crippen LogP contribution in [0.15, 0.2) is 0 Å². The molecule has 3 N–H and O–H groups in total. The number of phosphoric ester groups is 2. The standard InChI is InChI=1S/C81H158O17P2/c1-9-73(7)59-51-43-35-29-23-19-15-13-11-12-14-16-20-24-30-36-45-53-61-78(83)91-67-76(97-80(85)63-55-47-37-31-25-21-17-18-22-27-33-41-49-57-71(3)4)69-95-99(87,88)93-65-75(82)66-94-100(89,90)96-70-77(68-92-79(84)62-54-46-40-39-44-52-60-74(8)10-2)98-81(86)64-56-48-38-32-26-28-34-42-50-58-72(5)6/h71-77,82H,9-70H2,1-8H3,(H,87,88)(H,89,90)/t73?,74?,75-,76-,77-/m1/s1. The normalized spacial score (nSPS) is 14.6. The van der Waals surface area contributed by atoms with E-state index < -0.39 is 97.5 Å². The Morgan fingerprint density at radius 2 is 0.480 bits per heavy atom. The topological polar surface area (TPSA) is 237 Å². The van der Waals surface area contributed by atoms with E-state index in [1.165, 1.54) is 212 Å². The Morgan fingerprint density at radius 3 is 0.710 bits per heavy atom. The second kappa shape index (κ2) is 70.1. The summed E-state index contributed by atoms with van der Waals surface area (Å²) in [7, 11) is -9.92. The maximum absolute atomic E-state index is 13.1. The first-order valence-electron chi connectivity index (χ1n) is 41.8. The van der Waals surface area contributed by atoms with Crippen molar-refractivity contribution in [1.82, 2.24) is 0 Å². The van der Waals surface area contributed by atoms with Gasteiger partial charge in [-0.3, -0.25) is 37.3 Å². The molecule has 0 spiro atoms. The Labute approximate surface area is 613 Å². The van der Waals surface area contributed by atoms with Crippen molar-refractivity contribution in [3.63, 3.8) is 0 Å². The van der Waals surface area contributed by atoms with E-state index in [4.69, 9.17) is 37.0 Å². The first kappa shape index (κ1) is 98.1. The van der Waals surface area contributed by atoms with Crippen molar-refractivity contribution in [3.8, 4) is 0 Å². The second-order valence-corrected chi connectivity index (χ2v) is 33.5. The van der Waals surface area contributed by atoms with Crippen molar-refractivity contribution >= 4 is 39.5 Å². The monoisotopic (exact) mass is 1470 g/mol. The summed E-state index contributed by atoms with van der Waals surface area (Å²) in [6.07, 6.45) is 57.0. The molecule has 0 bridgehead atoms. The number of hydrogen-bond acceptors (Lipinski definition) is 15. The highest BCUT2D eigenvalue weighted by atomic mass is 31.2. The van der Waals surface area contributed by atoms with Gasteiger partial charge in [0.2, 0.25) is 0 Å². The summed E-state index contributed by atoms with van der Waals surface area (Å²) in [6.45, 7) is 14.3. The maximum Gasteiger partial charge on any atom is 0.472 e. The molecule has 4 unspecified atom stereocenters. The lowest BCUT2D eigenvalue weighted by atomic mass is 9.99. The molecule has 594 valence electrons. The highest BCUT2D eigenvalue weighted by molar-refractivity contribution is 7.47. The van der Waals surface area contributed by atoms with Gasteiger partial charge in [0.15, 0.2) is 12.2 Å². The lowest BCUT2D eigenvalue weighted by molar-refractivity contribution is -0.161. The molecule has 0 aromatic heterocycles. The van der Waals surface area contributed by atoms with Crippen LogP contribution in [-0.4, -0.2) is 96.7 Å². The number of carbonyl (C=O) groups excluding carboxylic acids is 4. The molecule has 0 rings (SSSR count). The largest absolute Gasteiger partial charge is 0.472 e. The van der Waals surface area contributed by atoms with Gasteiger partial charge in [0.1, 0.15) is 19.3 Å². The third-order valence-electron chi connectivity index (χ3n) is 19.5. The van der Waals surface area contributed by atoms with E-state index in [1.54, 1.807) is 0 Å². The fourth-order valence-electron chi connectivity index (χ4n) is 12.4. The van der Waals surface area contributed by atoms with Crippen LogP contribution in [0.25, 0.3) is 0 Å². The maximum atomic E-state index is 13.1. The van der Waals surface area contributed by atoms with E-state index in [1.807, 2.05) is 0 Å². The van der Waals surface area contributed by atoms with Gasteiger partial charge >= 0.3 is 39.5 Å². The summed E-state index contributed by atoms with van der Waals surface area (Å²) in [6, 6.07) is 0. The van der Waals surface area contributed by atoms with Crippen LogP contribution >= 0.6 is 15.6 Å². The van der Waals surface area contributed by atoms with Gasteiger partial charge in [-0.1, -0.05) is 364 Å². The van der Waals surface area contributed by atoms with E-state index in [0.717, 1.165) is 120 Å². The number of unbranched alkanes of at least 4 members (excludes halogenated alkanes) is 42. The van der Waals surface area contributed by atoms with Crippen LogP contribution in [0.5, 0.6) is 0 Å². The summed E-state index contributed by atoms with van der Waals surface area (Å²) in [5.74, 6) is 1.01. The Balaban J connectivity index is 5.20. The Kier molecular flexibility index (Phi) is 68.7. The van der Waals surface area contributed by atoms with Crippen molar-refractivity contribution in [2.75, 3.05) is 39.6 Å². The van der Waals surface area contributed by atoms with Gasteiger partial charge < -0.3 is 33.8 Å². The van der Waals surface area contributed by atoms with Gasteiger partial charge in [-0.2, -0.15) is 0 Å². The molecule has 17 nitrogen and oxygen atoms in total. The van der Waals surface area contributed by atoms with Crippen LogP contribution in [0, 0.1) is 23.7 Å². The van der Waals surface area contributed by atoms with E-state index in [0.29, 0.717) is 25.7 Å². The molecule has 0 saturated heterocycles. The molecule has 0 aromatic carbocycles. The molecule has 19 heteroatoms. The quantitative estimate of drug-likeness (QED) is 0.0222. The summed E-state index contributed by atoms with van der Waals surface area (Å²) >= 11 is 0. The van der Waals surface area contributed by atoms with Crippen molar-refractivity contribution in [1.29, 1.82) is 0 Å². The predicted octanol–water partition coefficient (Wildman–Crippen LogP) is 24.0. The third kappa shape index (κ3) is 71.7. The van der Waals surface area contributed by atoms with E-state index in [-0.39, 0.29) is 25.7 Å². The lowest BCUT2D eigenvalue weighted by Crippen LogP contribution is -2.30. The predicted molar refractivity (Wildman–Crippen MR) is 409 cm³/mol. The van der Waals surface area contributed by atoms with E-state index in [2.05, 4.69) is 55.4 Å². The molecule has 0 heterocycles. The molecule has 0 fully saturated rings. The van der Waals surface area contributed by atoms with Crippen LogP contribution in [0.2, 0.25) is 0 Å². The number of esters is 4. The Bertz CT molecular complexity index is 1960. The van der Waals surface area contributed by atoms with Gasteiger partial charge in [-0.05, 0) is 49.4 Å². The first-order chi connectivity index (χ1) is 48.2. The Morgan fingerprint density at radius 1 is 0.280 bits per heavy atom. The smallest absolute Gasteiger partial charge is 0.462 e. The van der Waals surface area contributed by atoms with Gasteiger partial charge in [-0.25, -0.2) is 9.13 Å². The fraction of sp³-hybridized carbons (Fsp3) is 0.951. The molecule has 0 aliphatic heterocycles. The molecule has 0 aliphatic rings. The number of hydrogen-bond donors (Lipinski definition) is 3. The molecule has 0 saturated carbocycles. The van der Waals surface area contributed by atoms with Gasteiger partial charge in [0.05, 0.1) is 26.4 Å². The number of carbonyl (C=O) groups is 4. The van der Waals surface area contributed by atoms with Crippen molar-refractivity contribution in [2.24, 2.45) is 23.7 Å². The molecule has 100 heavy (non-hydrogen) atoms. The number of aliphatic hydroxyl groups is 1. The molecule has 0 radical (unpaired) electrons. The van der Waals surface area contributed by atoms with Crippen LogP contribution in [0.1, 0.15) is 415 Å². The average molecular weight is 1470 g/mol. The van der Waals surface area contributed by atoms with Crippen LogP contribution in [0.3, 0.4) is 0 Å². The first-order valence-corrected chi connectivity index (χ1v) is 44.8. The Hall–Kier alpha value is -1.94. The molecular formula is C81H158O17P2. The third-order valence-corrected chi connectivity index (χ3v) is 21.4. The highest BCUT2D eigenvalue weighted by Gasteiger charge is 2.30. The van der Waals surface area contributed by atoms with Crippen LogP contribution < -0.4 is 0 Å². The van der Waals surface area contributed by atoms with Crippen molar-refractivity contribution < 1.29 is 80.2 Å². The summed E-state index contributed by atoms with van der Waals surface area (Å²) in [5.41, 5.74) is 0.